The maximum atomic E-state index is 17.5. The Bertz CT molecular complexity index is 1290. The first kappa shape index (κ1) is 28.9. The van der Waals surface area contributed by atoms with Crippen molar-refractivity contribution in [3.63, 3.8) is 0 Å². The van der Waals surface area contributed by atoms with Crippen molar-refractivity contribution in [2.24, 2.45) is 34.5 Å². The molecule has 0 bridgehead atoms. The molecule has 3 fully saturated rings. The van der Waals surface area contributed by atoms with Crippen LogP contribution < -0.4 is 5.06 Å². The molecule has 1 aromatic carbocycles. The van der Waals surface area contributed by atoms with Crippen LogP contribution in [-0.2, 0) is 19.1 Å². The number of carbonyl (C=O) groups excluding carboxylic acids is 3. The molecule has 9 unspecified atom stereocenters. The number of aliphatic hydroxyl groups is 1. The van der Waals surface area contributed by atoms with Gasteiger partial charge in [-0.15, -0.1) is 0 Å². The Morgan fingerprint density at radius 3 is 2.50 bits per heavy atom. The van der Waals surface area contributed by atoms with E-state index >= 15 is 8.78 Å². The number of allylic oxidation sites excluding steroid dienone is 4. The zero-order chi connectivity index (χ0) is 29.2. The van der Waals surface area contributed by atoms with Crippen molar-refractivity contribution in [2.45, 2.75) is 58.0 Å². The third-order valence-corrected chi connectivity index (χ3v) is 10.4. The van der Waals surface area contributed by atoms with E-state index in [4.69, 9.17) is 16.3 Å². The lowest BCUT2D eigenvalue weighted by Gasteiger charge is -2.62. The monoisotopic (exact) mass is 577 g/mol. The Morgan fingerprint density at radius 2 is 1.85 bits per heavy atom. The summed E-state index contributed by atoms with van der Waals surface area (Å²) in [5.74, 6) is -4.25. The summed E-state index contributed by atoms with van der Waals surface area (Å²) in [6.07, 6.45) is 0.536. The number of halogens is 3. The number of fused-ring (bicyclic) bond motifs is 5. The number of benzene rings is 1. The summed E-state index contributed by atoms with van der Waals surface area (Å²) >= 11 is 5.98. The summed E-state index contributed by atoms with van der Waals surface area (Å²) in [5, 5.41) is 24.0. The Kier molecular flexibility index (Phi) is 7.25. The van der Waals surface area contributed by atoms with E-state index in [9.17, 15) is 24.7 Å². The molecule has 40 heavy (non-hydrogen) atoms. The number of esters is 1. The van der Waals surface area contributed by atoms with Gasteiger partial charge in [-0.05, 0) is 85.4 Å². The van der Waals surface area contributed by atoms with Gasteiger partial charge in [0.15, 0.2) is 17.2 Å². The Hall–Kier alpha value is -2.62. The number of hydrogen-bond donors (Lipinski definition) is 2. The number of Topliss-reactive ketones (excluding diaryl/α,β-unsaturated/α-hetero) is 1. The molecule has 5 rings (SSSR count). The molecule has 0 aliphatic heterocycles. The molecule has 0 amide bonds. The largest absolute Gasteiger partial charge is 0.458 e. The standard InChI is InChI=1S/C30H34ClF2NO6/c1-16(35)40-15-25(37)27-17(14-34(39)19-6-4-18(31)5-7-19)10-21-22-12-24(32)23-11-20(36)8-9-29(23,3)30(22,33)26(38)13-28(21,27)2/h4-9,11,17,21-22,24,26-27,38-39H,10,12-15H2,1-3H3. The first-order valence-electron chi connectivity index (χ1n) is 13.6. The second-order valence-electron chi connectivity index (χ2n) is 12.2. The molecule has 216 valence electrons. The lowest BCUT2D eigenvalue weighted by molar-refractivity contribution is -0.202. The molecule has 10 heteroatoms. The van der Waals surface area contributed by atoms with E-state index in [0.717, 1.165) is 11.1 Å². The Morgan fingerprint density at radius 1 is 1.18 bits per heavy atom. The topological polar surface area (TPSA) is 104 Å². The number of nitrogens with zero attached hydrogens (tertiary/aromatic N) is 1. The van der Waals surface area contributed by atoms with Crippen LogP contribution in [0.2, 0.25) is 5.02 Å². The quantitative estimate of drug-likeness (QED) is 0.369. The van der Waals surface area contributed by atoms with E-state index in [0.29, 0.717) is 10.7 Å². The molecule has 0 spiro atoms. The summed E-state index contributed by atoms with van der Waals surface area (Å²) in [6, 6.07) is 6.48. The number of hydrogen-bond acceptors (Lipinski definition) is 7. The molecular weight excluding hydrogens is 544 g/mol. The molecule has 0 heterocycles. The minimum absolute atomic E-state index is 0.00216. The Balaban J connectivity index is 1.54. The van der Waals surface area contributed by atoms with Crippen molar-refractivity contribution in [1.29, 1.82) is 0 Å². The Labute approximate surface area is 236 Å². The van der Waals surface area contributed by atoms with Crippen molar-refractivity contribution in [3.8, 4) is 0 Å². The first-order valence-corrected chi connectivity index (χ1v) is 13.9. The summed E-state index contributed by atoms with van der Waals surface area (Å²) in [7, 11) is 0. The van der Waals surface area contributed by atoms with E-state index in [1.807, 2.05) is 6.92 Å². The van der Waals surface area contributed by atoms with Gasteiger partial charge in [0.05, 0.1) is 11.8 Å². The van der Waals surface area contributed by atoms with Gasteiger partial charge in [-0.3, -0.25) is 24.7 Å². The molecule has 4 aliphatic rings. The second kappa shape index (κ2) is 10.0. The van der Waals surface area contributed by atoms with Crippen molar-refractivity contribution in [2.75, 3.05) is 18.2 Å². The molecule has 0 aromatic heterocycles. The second-order valence-corrected chi connectivity index (χ2v) is 12.7. The lowest BCUT2D eigenvalue weighted by Crippen LogP contribution is -2.68. The van der Waals surface area contributed by atoms with Crippen LogP contribution in [0.1, 0.15) is 40.0 Å². The van der Waals surface area contributed by atoms with Crippen LogP contribution in [0.25, 0.3) is 0 Å². The van der Waals surface area contributed by atoms with Crippen LogP contribution in [0.5, 0.6) is 0 Å². The normalized spacial score (nSPS) is 40.0. The van der Waals surface area contributed by atoms with Gasteiger partial charge in [-0.2, -0.15) is 0 Å². The van der Waals surface area contributed by atoms with Gasteiger partial charge in [0, 0.05) is 35.7 Å². The smallest absolute Gasteiger partial charge is 0.303 e. The number of aliphatic hydroxyl groups excluding tert-OH is 1. The van der Waals surface area contributed by atoms with E-state index in [1.54, 1.807) is 24.3 Å². The maximum Gasteiger partial charge on any atom is 0.303 e. The van der Waals surface area contributed by atoms with Crippen LogP contribution in [0.4, 0.5) is 14.5 Å². The molecule has 7 nitrogen and oxygen atoms in total. The average Bonchev–Trinajstić information content (AvgIpc) is 3.17. The zero-order valence-electron chi connectivity index (χ0n) is 22.6. The van der Waals surface area contributed by atoms with Gasteiger partial charge in [0.2, 0.25) is 0 Å². The van der Waals surface area contributed by atoms with Gasteiger partial charge in [-0.1, -0.05) is 24.6 Å². The highest BCUT2D eigenvalue weighted by Crippen LogP contribution is 2.70. The molecule has 3 saturated carbocycles. The van der Waals surface area contributed by atoms with Gasteiger partial charge in [0.25, 0.3) is 0 Å². The van der Waals surface area contributed by atoms with Crippen LogP contribution in [0, 0.1) is 34.5 Å². The lowest BCUT2D eigenvalue weighted by atomic mass is 9.45. The fourth-order valence-electron chi connectivity index (χ4n) is 8.40. The van der Waals surface area contributed by atoms with E-state index in [2.05, 4.69) is 0 Å². The molecule has 4 aliphatic carbocycles. The molecule has 2 N–H and O–H groups in total. The maximum absolute atomic E-state index is 17.5. The highest BCUT2D eigenvalue weighted by Gasteiger charge is 2.73. The van der Waals surface area contributed by atoms with Crippen molar-refractivity contribution >= 4 is 34.8 Å². The van der Waals surface area contributed by atoms with Crippen LogP contribution >= 0.6 is 11.6 Å². The van der Waals surface area contributed by atoms with Gasteiger partial charge in [0.1, 0.15) is 12.8 Å². The van der Waals surface area contributed by atoms with Crippen molar-refractivity contribution in [1.82, 2.24) is 0 Å². The number of ketones is 2. The van der Waals surface area contributed by atoms with Gasteiger partial charge in [-0.25, -0.2) is 8.78 Å². The highest BCUT2D eigenvalue weighted by molar-refractivity contribution is 6.30. The van der Waals surface area contributed by atoms with E-state index in [1.165, 1.54) is 26.0 Å². The number of anilines is 1. The number of rotatable bonds is 6. The highest BCUT2D eigenvalue weighted by atomic mass is 35.5. The van der Waals surface area contributed by atoms with Crippen molar-refractivity contribution < 1.29 is 38.2 Å². The van der Waals surface area contributed by atoms with Crippen LogP contribution in [0.3, 0.4) is 0 Å². The summed E-state index contributed by atoms with van der Waals surface area (Å²) < 4.78 is 38.2. The SMILES string of the molecule is CC(=O)OCC(=O)C1C(CN(O)c2ccc(Cl)cc2)CC2C3CC(F)C4=CC(=O)C=CC4(C)C3(F)C(O)CC21C. The summed E-state index contributed by atoms with van der Waals surface area (Å²) in [4.78, 5) is 37.2. The number of hydroxylamine groups is 1. The van der Waals surface area contributed by atoms with Crippen LogP contribution in [-0.4, -0.2) is 58.9 Å². The molecule has 0 radical (unpaired) electrons. The first-order chi connectivity index (χ1) is 18.7. The summed E-state index contributed by atoms with van der Waals surface area (Å²) in [6.45, 7) is 4.04. The minimum atomic E-state index is -2.28. The molecule has 0 saturated heterocycles. The number of ether oxygens (including phenoxy) is 1. The number of alkyl halides is 2. The predicted octanol–water partition coefficient (Wildman–Crippen LogP) is 4.83. The van der Waals surface area contributed by atoms with Gasteiger partial charge < -0.3 is 9.84 Å². The zero-order valence-corrected chi connectivity index (χ0v) is 23.4. The van der Waals surface area contributed by atoms with Crippen LogP contribution in [0.15, 0.2) is 48.1 Å². The van der Waals surface area contributed by atoms with Gasteiger partial charge >= 0.3 is 5.97 Å². The van der Waals surface area contributed by atoms with E-state index < -0.39 is 76.6 Å². The third kappa shape index (κ3) is 4.32. The predicted molar refractivity (Wildman–Crippen MR) is 143 cm³/mol. The average molecular weight is 578 g/mol. The molecule has 9 atom stereocenters. The fraction of sp³-hybridized carbons (Fsp3) is 0.567. The van der Waals surface area contributed by atoms with Crippen molar-refractivity contribution in [3.05, 3.63) is 53.1 Å². The summed E-state index contributed by atoms with van der Waals surface area (Å²) in [5.41, 5.74) is -4.31. The molecule has 1 aromatic rings. The fourth-order valence-corrected chi connectivity index (χ4v) is 8.53. The third-order valence-electron chi connectivity index (χ3n) is 10.1. The minimum Gasteiger partial charge on any atom is -0.458 e. The molecular formula is C30H34ClF2NO6. The van der Waals surface area contributed by atoms with E-state index in [-0.39, 0.29) is 31.4 Å². The number of carbonyl (C=O) groups is 3.